The predicted octanol–water partition coefficient (Wildman–Crippen LogP) is 4.42. The number of hydrogen-bond donors (Lipinski definition) is 0. The molecule has 0 N–H and O–H groups in total. The number of thioether (sulfide) groups is 2. The second-order valence-corrected chi connectivity index (χ2v) is 7.99. The molecule has 1 unspecified atom stereocenters. The highest BCUT2D eigenvalue weighted by Gasteiger charge is 2.14. The van der Waals surface area contributed by atoms with Gasteiger partial charge < -0.3 is 4.74 Å². The maximum Gasteiger partial charge on any atom is 0.330 e. The highest BCUT2D eigenvalue weighted by Crippen LogP contribution is 2.30. The van der Waals surface area contributed by atoms with Gasteiger partial charge in [-0.1, -0.05) is 68.1 Å². The number of esters is 1. The average molecular weight is 347 g/mol. The van der Waals surface area contributed by atoms with Crippen LogP contribution < -0.4 is 0 Å². The molecule has 21 heavy (non-hydrogen) atoms. The Kier molecular flexibility index (Phi) is 9.78. The summed E-state index contributed by atoms with van der Waals surface area (Å²) < 4.78 is 7.27. The first-order chi connectivity index (χ1) is 10.2. The van der Waals surface area contributed by atoms with Gasteiger partial charge in [0.2, 0.25) is 0 Å². The SMILES string of the molecule is C=CC(=O)OC(CCC)CSc1nnc(SCCCC)s1. The van der Waals surface area contributed by atoms with Crippen molar-refractivity contribution in [3.8, 4) is 0 Å². The first-order valence-electron chi connectivity index (χ1n) is 7.11. The van der Waals surface area contributed by atoms with Crippen molar-refractivity contribution in [2.45, 2.75) is 54.3 Å². The first-order valence-corrected chi connectivity index (χ1v) is 9.90. The highest BCUT2D eigenvalue weighted by atomic mass is 32.2. The highest BCUT2D eigenvalue weighted by molar-refractivity contribution is 8.03. The molecule has 1 aromatic heterocycles. The molecule has 1 aromatic rings. The largest absolute Gasteiger partial charge is 0.458 e. The zero-order chi connectivity index (χ0) is 15.5. The van der Waals surface area contributed by atoms with Gasteiger partial charge in [0.05, 0.1) is 0 Å². The minimum Gasteiger partial charge on any atom is -0.458 e. The fourth-order valence-electron chi connectivity index (χ4n) is 1.49. The molecule has 0 spiro atoms. The molecular formula is C14H22N2O2S3. The van der Waals surface area contributed by atoms with Gasteiger partial charge in [0.25, 0.3) is 0 Å². The summed E-state index contributed by atoms with van der Waals surface area (Å²) in [5.74, 6) is 1.44. The Hall–Kier alpha value is -0.530. The minimum atomic E-state index is -0.359. The summed E-state index contributed by atoms with van der Waals surface area (Å²) >= 11 is 4.97. The Morgan fingerprint density at radius 1 is 1.33 bits per heavy atom. The Bertz CT molecular complexity index is 438. The minimum absolute atomic E-state index is 0.0920. The molecule has 0 fully saturated rings. The third-order valence-corrected chi connectivity index (χ3v) is 5.97. The van der Waals surface area contributed by atoms with Crippen molar-refractivity contribution < 1.29 is 9.53 Å². The molecule has 0 aromatic carbocycles. The fraction of sp³-hybridized carbons (Fsp3) is 0.643. The van der Waals surface area contributed by atoms with Crippen molar-refractivity contribution in [2.75, 3.05) is 11.5 Å². The molecule has 1 atom stereocenters. The van der Waals surface area contributed by atoms with Crippen molar-refractivity contribution in [2.24, 2.45) is 0 Å². The molecule has 0 saturated heterocycles. The van der Waals surface area contributed by atoms with Crippen molar-refractivity contribution in [1.29, 1.82) is 0 Å². The zero-order valence-corrected chi connectivity index (χ0v) is 15.0. The number of carbonyl (C=O) groups is 1. The first kappa shape index (κ1) is 18.5. The molecule has 4 nitrogen and oxygen atoms in total. The van der Waals surface area contributed by atoms with Crippen LogP contribution in [0.2, 0.25) is 0 Å². The van der Waals surface area contributed by atoms with E-state index in [9.17, 15) is 4.79 Å². The van der Waals surface area contributed by atoms with E-state index in [4.69, 9.17) is 4.74 Å². The smallest absolute Gasteiger partial charge is 0.330 e. The summed E-state index contributed by atoms with van der Waals surface area (Å²) in [7, 11) is 0. The van der Waals surface area contributed by atoms with Crippen molar-refractivity contribution >= 4 is 40.8 Å². The predicted molar refractivity (Wildman–Crippen MR) is 91.3 cm³/mol. The monoisotopic (exact) mass is 346 g/mol. The summed E-state index contributed by atoms with van der Waals surface area (Å²) in [5, 5.41) is 8.35. The molecule has 0 amide bonds. The van der Waals surface area contributed by atoms with E-state index in [1.165, 1.54) is 18.9 Å². The van der Waals surface area contributed by atoms with Crippen LogP contribution in [0.25, 0.3) is 0 Å². The van der Waals surface area contributed by atoms with E-state index in [2.05, 4.69) is 30.6 Å². The summed E-state index contributed by atoms with van der Waals surface area (Å²) in [5.41, 5.74) is 0. The van der Waals surface area contributed by atoms with E-state index in [1.54, 1.807) is 34.9 Å². The van der Waals surface area contributed by atoms with Gasteiger partial charge in [0.1, 0.15) is 6.10 Å². The molecule has 0 aliphatic heterocycles. The maximum atomic E-state index is 11.3. The van der Waals surface area contributed by atoms with Crippen molar-refractivity contribution in [3.63, 3.8) is 0 Å². The second-order valence-electron chi connectivity index (χ2n) is 4.40. The topological polar surface area (TPSA) is 52.1 Å². The fourth-order valence-corrected chi connectivity index (χ4v) is 4.73. The van der Waals surface area contributed by atoms with Gasteiger partial charge in [-0.3, -0.25) is 0 Å². The van der Waals surface area contributed by atoms with Gasteiger partial charge in [-0.05, 0) is 12.8 Å². The van der Waals surface area contributed by atoms with E-state index in [-0.39, 0.29) is 12.1 Å². The van der Waals surface area contributed by atoms with E-state index in [1.807, 2.05) is 0 Å². The van der Waals surface area contributed by atoms with Crippen LogP contribution in [-0.2, 0) is 9.53 Å². The molecule has 7 heteroatoms. The van der Waals surface area contributed by atoms with Crippen LogP contribution in [0.5, 0.6) is 0 Å². The van der Waals surface area contributed by atoms with Crippen molar-refractivity contribution in [3.05, 3.63) is 12.7 Å². The van der Waals surface area contributed by atoms with Crippen LogP contribution >= 0.6 is 34.9 Å². The summed E-state index contributed by atoms with van der Waals surface area (Å²) in [4.78, 5) is 11.3. The standard InChI is InChI=1S/C14H22N2O2S3/c1-4-7-9-19-13-15-16-14(21-13)20-10-11(8-5-2)18-12(17)6-3/h6,11H,3-5,7-10H2,1-2H3. The van der Waals surface area contributed by atoms with Gasteiger partial charge >= 0.3 is 5.97 Å². The lowest BCUT2D eigenvalue weighted by atomic mass is 10.2. The molecule has 0 aliphatic carbocycles. The van der Waals surface area contributed by atoms with E-state index >= 15 is 0 Å². The Morgan fingerprint density at radius 2 is 2.05 bits per heavy atom. The Labute approximate surface area is 139 Å². The lowest BCUT2D eigenvalue weighted by Gasteiger charge is -2.14. The van der Waals surface area contributed by atoms with Gasteiger partial charge in [0, 0.05) is 17.6 Å². The lowest BCUT2D eigenvalue weighted by molar-refractivity contribution is -0.142. The average Bonchev–Trinajstić information content (AvgIpc) is 2.93. The van der Waals surface area contributed by atoms with Crippen LogP contribution in [0.3, 0.4) is 0 Å². The van der Waals surface area contributed by atoms with Crippen molar-refractivity contribution in [1.82, 2.24) is 10.2 Å². The quantitative estimate of drug-likeness (QED) is 0.256. The van der Waals surface area contributed by atoms with Gasteiger partial charge in [0.15, 0.2) is 8.68 Å². The number of carbonyl (C=O) groups excluding carboxylic acids is 1. The van der Waals surface area contributed by atoms with E-state index < -0.39 is 0 Å². The van der Waals surface area contributed by atoms with Crippen LogP contribution in [0.1, 0.15) is 39.5 Å². The molecule has 0 bridgehead atoms. The van der Waals surface area contributed by atoms with Gasteiger partial charge in [-0.2, -0.15) is 0 Å². The molecule has 1 heterocycles. The third kappa shape index (κ3) is 7.87. The zero-order valence-electron chi connectivity index (χ0n) is 12.5. The summed E-state index contributed by atoms with van der Waals surface area (Å²) in [6.07, 6.45) is 5.34. The normalized spacial score (nSPS) is 12.1. The number of rotatable bonds is 11. The third-order valence-electron chi connectivity index (χ3n) is 2.56. The number of aromatic nitrogens is 2. The number of unbranched alkanes of at least 4 members (excludes halogenated alkanes) is 1. The van der Waals surface area contributed by atoms with Crippen LogP contribution in [0, 0.1) is 0 Å². The number of hydrogen-bond acceptors (Lipinski definition) is 7. The molecule has 0 radical (unpaired) electrons. The summed E-state index contributed by atoms with van der Waals surface area (Å²) in [6.45, 7) is 7.68. The van der Waals surface area contributed by atoms with E-state index in [0.717, 1.165) is 27.3 Å². The maximum absolute atomic E-state index is 11.3. The molecule has 118 valence electrons. The number of nitrogens with zero attached hydrogens (tertiary/aromatic N) is 2. The molecule has 1 rings (SSSR count). The molecule has 0 saturated carbocycles. The second kappa shape index (κ2) is 11.1. The lowest BCUT2D eigenvalue weighted by Crippen LogP contribution is -2.19. The van der Waals surface area contributed by atoms with Crippen LogP contribution in [0.15, 0.2) is 21.3 Å². The Morgan fingerprint density at radius 3 is 2.67 bits per heavy atom. The Balaban J connectivity index is 2.40. The van der Waals surface area contributed by atoms with E-state index in [0.29, 0.717) is 5.75 Å². The number of ether oxygens (including phenoxy) is 1. The summed E-state index contributed by atoms with van der Waals surface area (Å²) in [6, 6.07) is 0. The molecular weight excluding hydrogens is 324 g/mol. The van der Waals surface area contributed by atoms with Gasteiger partial charge in [-0.25, -0.2) is 4.79 Å². The van der Waals surface area contributed by atoms with Crippen LogP contribution in [0.4, 0.5) is 0 Å². The molecule has 0 aliphatic rings. The van der Waals surface area contributed by atoms with Gasteiger partial charge in [-0.15, -0.1) is 10.2 Å². The van der Waals surface area contributed by atoms with Crippen LogP contribution in [-0.4, -0.2) is 33.8 Å².